The number of amides is 3. The SMILES string of the molecule is Cc1ccc(Cl)cc1N1CC[NH+](CN2C(=O)N[C@]3(CCCC[C@@H]3C)C2=O)CC1. The molecule has 2 atom stereocenters. The van der Waals surface area contributed by atoms with E-state index in [4.69, 9.17) is 11.6 Å². The number of anilines is 1. The van der Waals surface area contributed by atoms with Gasteiger partial charge in [-0.15, -0.1) is 0 Å². The zero-order valence-corrected chi connectivity index (χ0v) is 17.5. The van der Waals surface area contributed by atoms with Gasteiger partial charge in [-0.05, 0) is 43.4 Å². The van der Waals surface area contributed by atoms with E-state index >= 15 is 0 Å². The van der Waals surface area contributed by atoms with Crippen molar-refractivity contribution in [2.75, 3.05) is 37.7 Å². The number of carbonyl (C=O) groups excluding carboxylic acids is 2. The van der Waals surface area contributed by atoms with E-state index in [1.54, 1.807) is 0 Å². The number of aryl methyl sites for hydroxylation is 1. The van der Waals surface area contributed by atoms with E-state index in [1.807, 2.05) is 12.1 Å². The molecule has 0 unspecified atom stereocenters. The smallest absolute Gasteiger partial charge is 0.329 e. The molecule has 152 valence electrons. The number of piperazine rings is 1. The predicted molar refractivity (Wildman–Crippen MR) is 110 cm³/mol. The first kappa shape index (κ1) is 19.5. The third-order valence-corrected chi connectivity index (χ3v) is 7.10. The summed E-state index contributed by atoms with van der Waals surface area (Å²) in [5, 5.41) is 3.81. The van der Waals surface area contributed by atoms with E-state index in [0.717, 1.165) is 56.9 Å². The monoisotopic (exact) mass is 405 g/mol. The average molecular weight is 406 g/mol. The number of hydrogen-bond donors (Lipinski definition) is 2. The van der Waals surface area contributed by atoms with Gasteiger partial charge in [0.05, 0.1) is 26.2 Å². The molecular formula is C21H30ClN4O2+. The molecular weight excluding hydrogens is 376 g/mol. The van der Waals surface area contributed by atoms with Crippen LogP contribution in [-0.4, -0.2) is 55.2 Å². The van der Waals surface area contributed by atoms with Gasteiger partial charge in [0.15, 0.2) is 6.67 Å². The molecule has 6 nitrogen and oxygen atoms in total. The lowest BCUT2D eigenvalue weighted by atomic mass is 9.73. The second-order valence-electron chi connectivity index (χ2n) is 8.61. The summed E-state index contributed by atoms with van der Waals surface area (Å²) < 4.78 is 0. The Bertz CT molecular complexity index is 778. The van der Waals surface area contributed by atoms with Gasteiger partial charge in [-0.2, -0.15) is 0 Å². The lowest BCUT2D eigenvalue weighted by Gasteiger charge is -2.37. The second kappa shape index (κ2) is 7.56. The molecule has 28 heavy (non-hydrogen) atoms. The van der Waals surface area contributed by atoms with Crippen molar-refractivity contribution in [3.05, 3.63) is 28.8 Å². The summed E-state index contributed by atoms with van der Waals surface area (Å²) in [5.74, 6) is 0.200. The second-order valence-corrected chi connectivity index (χ2v) is 9.04. The number of nitrogens with zero attached hydrogens (tertiary/aromatic N) is 2. The lowest BCUT2D eigenvalue weighted by molar-refractivity contribution is -0.907. The summed E-state index contributed by atoms with van der Waals surface area (Å²) in [6.07, 6.45) is 3.92. The van der Waals surface area contributed by atoms with Crippen LogP contribution in [0.2, 0.25) is 5.02 Å². The third-order valence-electron chi connectivity index (χ3n) is 6.87. The summed E-state index contributed by atoms with van der Waals surface area (Å²) in [6, 6.07) is 5.78. The molecule has 1 saturated carbocycles. The number of quaternary nitrogens is 1. The van der Waals surface area contributed by atoms with Gasteiger partial charge in [-0.3, -0.25) is 4.79 Å². The van der Waals surface area contributed by atoms with Crippen LogP contribution in [0.15, 0.2) is 18.2 Å². The molecule has 0 aromatic heterocycles. The zero-order valence-electron chi connectivity index (χ0n) is 16.8. The molecule has 2 N–H and O–H groups in total. The van der Waals surface area contributed by atoms with Gasteiger partial charge in [0.1, 0.15) is 5.54 Å². The molecule has 3 aliphatic rings. The van der Waals surface area contributed by atoms with E-state index in [1.165, 1.54) is 21.1 Å². The Morgan fingerprint density at radius 3 is 2.71 bits per heavy atom. The Kier molecular flexibility index (Phi) is 5.27. The summed E-state index contributed by atoms with van der Waals surface area (Å²) >= 11 is 6.17. The number of urea groups is 1. The van der Waals surface area contributed by atoms with E-state index in [2.05, 4.69) is 30.1 Å². The fourth-order valence-electron chi connectivity index (χ4n) is 5.01. The molecule has 1 spiro atoms. The highest BCUT2D eigenvalue weighted by atomic mass is 35.5. The summed E-state index contributed by atoms with van der Waals surface area (Å²) in [5.41, 5.74) is 1.74. The fraction of sp³-hybridized carbons (Fsp3) is 0.619. The van der Waals surface area contributed by atoms with Crippen LogP contribution in [-0.2, 0) is 4.79 Å². The van der Waals surface area contributed by atoms with Crippen molar-refractivity contribution in [1.82, 2.24) is 10.2 Å². The Hall–Kier alpha value is -1.79. The first-order valence-corrected chi connectivity index (χ1v) is 10.8. The maximum Gasteiger partial charge on any atom is 0.329 e. The molecule has 1 aromatic carbocycles. The number of hydrogen-bond acceptors (Lipinski definition) is 3. The van der Waals surface area contributed by atoms with Crippen LogP contribution in [0.25, 0.3) is 0 Å². The van der Waals surface area contributed by atoms with E-state index < -0.39 is 5.54 Å². The Balaban J connectivity index is 1.39. The molecule has 7 heteroatoms. The number of halogens is 1. The zero-order chi connectivity index (χ0) is 19.9. The summed E-state index contributed by atoms with van der Waals surface area (Å²) in [6.45, 7) is 8.23. The van der Waals surface area contributed by atoms with E-state index in [-0.39, 0.29) is 17.9 Å². The number of carbonyl (C=O) groups is 2. The van der Waals surface area contributed by atoms with Crippen molar-refractivity contribution in [2.45, 2.75) is 45.1 Å². The highest BCUT2D eigenvalue weighted by Gasteiger charge is 2.55. The normalized spacial score (nSPS) is 28.9. The summed E-state index contributed by atoms with van der Waals surface area (Å²) in [7, 11) is 0. The van der Waals surface area contributed by atoms with Crippen LogP contribution < -0.4 is 15.1 Å². The van der Waals surface area contributed by atoms with Crippen molar-refractivity contribution in [2.24, 2.45) is 5.92 Å². The lowest BCUT2D eigenvalue weighted by Crippen LogP contribution is -3.16. The largest absolute Gasteiger partial charge is 0.360 e. The fourth-order valence-corrected chi connectivity index (χ4v) is 5.17. The van der Waals surface area contributed by atoms with Crippen LogP contribution in [0, 0.1) is 12.8 Å². The molecule has 3 fully saturated rings. The number of nitrogens with one attached hydrogen (secondary N) is 2. The van der Waals surface area contributed by atoms with Crippen molar-refractivity contribution in [3.63, 3.8) is 0 Å². The van der Waals surface area contributed by atoms with E-state index in [9.17, 15) is 9.59 Å². The van der Waals surface area contributed by atoms with E-state index in [0.29, 0.717) is 6.67 Å². The van der Waals surface area contributed by atoms with Crippen molar-refractivity contribution >= 4 is 29.2 Å². The number of rotatable bonds is 3. The van der Waals surface area contributed by atoms with Crippen LogP contribution in [0.3, 0.4) is 0 Å². The minimum absolute atomic E-state index is 0.00897. The van der Waals surface area contributed by atoms with Gasteiger partial charge >= 0.3 is 6.03 Å². The number of imide groups is 1. The topological polar surface area (TPSA) is 57.1 Å². The first-order valence-electron chi connectivity index (χ1n) is 10.4. The highest BCUT2D eigenvalue weighted by Crippen LogP contribution is 2.37. The molecule has 4 rings (SSSR count). The molecule has 2 saturated heterocycles. The van der Waals surface area contributed by atoms with Gasteiger partial charge in [0.2, 0.25) is 0 Å². The Labute approximate surface area is 171 Å². The minimum Gasteiger partial charge on any atom is -0.360 e. The Morgan fingerprint density at radius 1 is 1.25 bits per heavy atom. The third kappa shape index (κ3) is 3.37. The van der Waals surface area contributed by atoms with Gasteiger partial charge in [0.25, 0.3) is 5.91 Å². The molecule has 1 aromatic rings. The average Bonchev–Trinajstić information content (AvgIpc) is 2.92. The number of benzene rings is 1. The van der Waals surface area contributed by atoms with Gasteiger partial charge in [0, 0.05) is 10.7 Å². The molecule has 0 bridgehead atoms. The van der Waals surface area contributed by atoms with Gasteiger partial charge in [-0.1, -0.05) is 37.4 Å². The summed E-state index contributed by atoms with van der Waals surface area (Å²) in [4.78, 5) is 30.8. The minimum atomic E-state index is -0.658. The van der Waals surface area contributed by atoms with Crippen LogP contribution in [0.1, 0.15) is 38.2 Å². The first-order chi connectivity index (χ1) is 13.4. The van der Waals surface area contributed by atoms with Gasteiger partial charge < -0.3 is 15.1 Å². The van der Waals surface area contributed by atoms with Crippen molar-refractivity contribution in [1.29, 1.82) is 0 Å². The maximum absolute atomic E-state index is 13.1. The molecule has 1 aliphatic carbocycles. The molecule has 2 aliphatic heterocycles. The maximum atomic E-state index is 13.1. The van der Waals surface area contributed by atoms with Crippen LogP contribution >= 0.6 is 11.6 Å². The predicted octanol–water partition coefficient (Wildman–Crippen LogP) is 1.81. The molecule has 2 heterocycles. The van der Waals surface area contributed by atoms with Crippen molar-refractivity contribution < 1.29 is 14.5 Å². The molecule has 3 amide bonds. The Morgan fingerprint density at radius 2 is 2.00 bits per heavy atom. The van der Waals surface area contributed by atoms with Gasteiger partial charge in [-0.25, -0.2) is 9.69 Å². The highest BCUT2D eigenvalue weighted by molar-refractivity contribution is 6.30. The quantitative estimate of drug-likeness (QED) is 0.754. The standard InChI is InChI=1S/C21H29ClN4O2/c1-15-6-7-17(22)13-18(15)25-11-9-24(10-12-25)14-26-19(27)21(23-20(26)28)8-4-3-5-16(21)2/h6-7,13,16H,3-5,8-12,14H2,1-2H3,(H,23,28)/p+1/t16-,21-/m0/s1. The molecule has 0 radical (unpaired) electrons. The van der Waals surface area contributed by atoms with Crippen LogP contribution in [0.5, 0.6) is 0 Å². The van der Waals surface area contributed by atoms with Crippen LogP contribution in [0.4, 0.5) is 10.5 Å². The van der Waals surface area contributed by atoms with Crippen molar-refractivity contribution in [3.8, 4) is 0 Å².